The minimum Gasteiger partial charge on any atom is -0.396 e. The summed E-state index contributed by atoms with van der Waals surface area (Å²) < 4.78 is 28.1. The van der Waals surface area contributed by atoms with Crippen molar-refractivity contribution in [2.45, 2.75) is 32.4 Å². The summed E-state index contributed by atoms with van der Waals surface area (Å²) in [7, 11) is -2.05. The normalized spacial score (nSPS) is 13.7. The highest BCUT2D eigenvalue weighted by molar-refractivity contribution is 7.87. The highest BCUT2D eigenvalue weighted by atomic mass is 35.5. The van der Waals surface area contributed by atoms with Gasteiger partial charge in [-0.2, -0.15) is 17.4 Å². The number of rotatable bonds is 8. The zero-order chi connectivity index (χ0) is 15.2. The SMILES string of the molecule is CCC(CCO)NS(=O)(=O)N(C)Cc1ccc(Cl)cc1. The van der Waals surface area contributed by atoms with Crippen molar-refractivity contribution >= 4 is 21.8 Å². The van der Waals surface area contributed by atoms with Gasteiger partial charge in [-0.1, -0.05) is 30.7 Å². The molecule has 1 aromatic carbocycles. The van der Waals surface area contributed by atoms with E-state index < -0.39 is 10.2 Å². The van der Waals surface area contributed by atoms with Gasteiger partial charge in [-0.15, -0.1) is 0 Å². The zero-order valence-corrected chi connectivity index (χ0v) is 13.3. The number of aliphatic hydroxyl groups is 1. The van der Waals surface area contributed by atoms with Crippen molar-refractivity contribution in [1.82, 2.24) is 9.03 Å². The summed E-state index contributed by atoms with van der Waals surface area (Å²) in [5.41, 5.74) is 0.859. The lowest BCUT2D eigenvalue weighted by Gasteiger charge is -2.22. The van der Waals surface area contributed by atoms with Gasteiger partial charge in [-0.3, -0.25) is 0 Å². The number of aliphatic hydroxyl groups excluding tert-OH is 1. The molecule has 0 saturated heterocycles. The molecule has 0 aromatic heterocycles. The van der Waals surface area contributed by atoms with Crippen LogP contribution in [0.2, 0.25) is 5.02 Å². The van der Waals surface area contributed by atoms with Crippen molar-refractivity contribution in [1.29, 1.82) is 0 Å². The van der Waals surface area contributed by atoms with Crippen molar-refractivity contribution in [2.24, 2.45) is 0 Å². The minimum atomic E-state index is -3.56. The number of nitrogens with zero attached hydrogens (tertiary/aromatic N) is 1. The highest BCUT2D eigenvalue weighted by Crippen LogP contribution is 2.12. The van der Waals surface area contributed by atoms with Crippen LogP contribution in [0.25, 0.3) is 0 Å². The van der Waals surface area contributed by atoms with E-state index >= 15 is 0 Å². The van der Waals surface area contributed by atoms with Crippen LogP contribution in [-0.4, -0.2) is 37.5 Å². The minimum absolute atomic E-state index is 0.0398. The molecule has 0 aliphatic heterocycles. The molecule has 1 rings (SSSR count). The maximum absolute atomic E-state index is 12.2. The molecule has 0 aliphatic rings. The number of halogens is 1. The molecule has 0 radical (unpaired) electrons. The summed E-state index contributed by atoms with van der Waals surface area (Å²) in [5.74, 6) is 0. The van der Waals surface area contributed by atoms with Crippen molar-refractivity contribution < 1.29 is 13.5 Å². The first-order valence-corrected chi connectivity index (χ1v) is 8.29. The maximum atomic E-state index is 12.2. The molecule has 1 aromatic rings. The molecule has 7 heteroatoms. The third-order valence-corrected chi connectivity index (χ3v) is 4.85. The van der Waals surface area contributed by atoms with Gasteiger partial charge in [0, 0.05) is 31.3 Å². The Kier molecular flexibility index (Phi) is 6.91. The van der Waals surface area contributed by atoms with Crippen molar-refractivity contribution in [3.8, 4) is 0 Å². The number of benzene rings is 1. The van der Waals surface area contributed by atoms with E-state index in [4.69, 9.17) is 16.7 Å². The van der Waals surface area contributed by atoms with Gasteiger partial charge in [0.05, 0.1) is 0 Å². The molecule has 20 heavy (non-hydrogen) atoms. The fourth-order valence-corrected chi connectivity index (χ4v) is 3.07. The summed E-state index contributed by atoms with van der Waals surface area (Å²) in [6, 6.07) is 6.79. The molecule has 0 aliphatic carbocycles. The molecular formula is C13H21ClN2O3S. The molecule has 114 valence electrons. The highest BCUT2D eigenvalue weighted by Gasteiger charge is 2.21. The zero-order valence-electron chi connectivity index (χ0n) is 11.7. The van der Waals surface area contributed by atoms with Gasteiger partial charge in [0.2, 0.25) is 0 Å². The van der Waals surface area contributed by atoms with Gasteiger partial charge in [-0.05, 0) is 30.5 Å². The average Bonchev–Trinajstić information content (AvgIpc) is 2.40. The second kappa shape index (κ2) is 7.95. The van der Waals surface area contributed by atoms with E-state index in [0.29, 0.717) is 17.9 Å². The largest absolute Gasteiger partial charge is 0.396 e. The van der Waals surface area contributed by atoms with Crippen LogP contribution in [-0.2, 0) is 16.8 Å². The third-order valence-electron chi connectivity index (χ3n) is 3.01. The van der Waals surface area contributed by atoms with Crippen LogP contribution < -0.4 is 4.72 Å². The van der Waals surface area contributed by atoms with Gasteiger partial charge in [-0.25, -0.2) is 0 Å². The molecule has 5 nitrogen and oxygen atoms in total. The Morgan fingerprint density at radius 3 is 2.45 bits per heavy atom. The van der Waals surface area contributed by atoms with Gasteiger partial charge < -0.3 is 5.11 Å². The first kappa shape index (κ1) is 17.4. The van der Waals surface area contributed by atoms with Crippen molar-refractivity contribution in [3.63, 3.8) is 0 Å². The monoisotopic (exact) mass is 320 g/mol. The van der Waals surface area contributed by atoms with Crippen molar-refractivity contribution in [2.75, 3.05) is 13.7 Å². The van der Waals surface area contributed by atoms with E-state index in [9.17, 15) is 8.42 Å². The number of hydrogen-bond donors (Lipinski definition) is 2. The Labute approximate surface area is 125 Å². The Morgan fingerprint density at radius 2 is 1.95 bits per heavy atom. The van der Waals surface area contributed by atoms with Gasteiger partial charge in [0.1, 0.15) is 0 Å². The van der Waals surface area contributed by atoms with E-state index in [1.807, 2.05) is 6.92 Å². The fraction of sp³-hybridized carbons (Fsp3) is 0.538. The quantitative estimate of drug-likeness (QED) is 0.767. The summed E-state index contributed by atoms with van der Waals surface area (Å²) in [4.78, 5) is 0. The summed E-state index contributed by atoms with van der Waals surface area (Å²) >= 11 is 5.79. The van der Waals surface area contributed by atoms with Crippen LogP contribution >= 0.6 is 11.6 Å². The third kappa shape index (κ3) is 5.38. The second-order valence-corrected chi connectivity index (χ2v) is 6.87. The topological polar surface area (TPSA) is 69.6 Å². The molecule has 1 atom stereocenters. The molecule has 0 bridgehead atoms. The van der Waals surface area contributed by atoms with E-state index in [1.54, 1.807) is 24.3 Å². The molecular weight excluding hydrogens is 300 g/mol. The number of nitrogens with one attached hydrogen (secondary N) is 1. The Hall–Kier alpha value is -0.660. The Morgan fingerprint density at radius 1 is 1.35 bits per heavy atom. The Balaban J connectivity index is 2.68. The van der Waals surface area contributed by atoms with E-state index in [-0.39, 0.29) is 19.2 Å². The van der Waals surface area contributed by atoms with Crippen LogP contribution in [0.5, 0.6) is 0 Å². The molecule has 0 saturated carbocycles. The van der Waals surface area contributed by atoms with Gasteiger partial charge in [0.15, 0.2) is 0 Å². The van der Waals surface area contributed by atoms with Crippen LogP contribution in [0.15, 0.2) is 24.3 Å². The van der Waals surface area contributed by atoms with E-state index in [2.05, 4.69) is 4.72 Å². The van der Waals surface area contributed by atoms with Crippen LogP contribution in [0.1, 0.15) is 25.3 Å². The van der Waals surface area contributed by atoms with Crippen molar-refractivity contribution in [3.05, 3.63) is 34.9 Å². The molecule has 2 N–H and O–H groups in total. The van der Waals surface area contributed by atoms with Gasteiger partial charge in [0.25, 0.3) is 10.2 Å². The van der Waals surface area contributed by atoms with Gasteiger partial charge >= 0.3 is 0 Å². The molecule has 0 amide bonds. The molecule has 1 unspecified atom stereocenters. The fourth-order valence-electron chi connectivity index (χ4n) is 1.73. The lowest BCUT2D eigenvalue weighted by molar-refractivity contribution is 0.269. The first-order valence-electron chi connectivity index (χ1n) is 6.48. The molecule has 0 heterocycles. The van der Waals surface area contributed by atoms with E-state index in [1.165, 1.54) is 11.4 Å². The summed E-state index contributed by atoms with van der Waals surface area (Å²) in [6.07, 6.45) is 1.04. The van der Waals surface area contributed by atoms with Crippen LogP contribution in [0.4, 0.5) is 0 Å². The Bertz CT molecular complexity index is 505. The maximum Gasteiger partial charge on any atom is 0.279 e. The molecule has 0 fully saturated rings. The molecule has 0 spiro atoms. The van der Waals surface area contributed by atoms with E-state index in [0.717, 1.165) is 5.56 Å². The summed E-state index contributed by atoms with van der Waals surface area (Å²) in [6.45, 7) is 2.10. The smallest absolute Gasteiger partial charge is 0.279 e. The van der Waals surface area contributed by atoms with Crippen LogP contribution in [0, 0.1) is 0 Å². The first-order chi connectivity index (χ1) is 9.39. The lowest BCUT2D eigenvalue weighted by atomic mass is 10.2. The summed E-state index contributed by atoms with van der Waals surface area (Å²) in [5, 5.41) is 9.52. The standard InChI is InChI=1S/C13H21ClN2O3S/c1-3-13(8-9-17)15-20(18,19)16(2)10-11-4-6-12(14)7-5-11/h4-7,13,15,17H,3,8-10H2,1-2H3. The average molecular weight is 321 g/mol. The lowest BCUT2D eigenvalue weighted by Crippen LogP contribution is -2.43. The number of hydrogen-bond acceptors (Lipinski definition) is 3. The van der Waals surface area contributed by atoms with Crippen LogP contribution in [0.3, 0.4) is 0 Å². The predicted molar refractivity (Wildman–Crippen MR) is 80.8 cm³/mol. The predicted octanol–water partition coefficient (Wildman–Crippen LogP) is 1.77. The second-order valence-electron chi connectivity index (χ2n) is 4.62.